The summed E-state index contributed by atoms with van der Waals surface area (Å²) in [6.07, 6.45) is 6.37. The van der Waals surface area contributed by atoms with Crippen LogP contribution in [0.25, 0.3) is 0 Å². The summed E-state index contributed by atoms with van der Waals surface area (Å²) in [5, 5.41) is 11.0. The summed E-state index contributed by atoms with van der Waals surface area (Å²) in [6, 6.07) is 0. The largest absolute Gasteiger partial charge is 0.390 e. The van der Waals surface area contributed by atoms with E-state index in [1.54, 1.807) is 0 Å². The van der Waals surface area contributed by atoms with Crippen LogP contribution in [-0.4, -0.2) is 65.8 Å². The van der Waals surface area contributed by atoms with E-state index in [0.29, 0.717) is 5.92 Å². The van der Waals surface area contributed by atoms with Crippen molar-refractivity contribution < 1.29 is 5.11 Å². The van der Waals surface area contributed by atoms with E-state index < -0.39 is 0 Å². The fourth-order valence-electron chi connectivity index (χ4n) is 5.55. The van der Waals surface area contributed by atoms with Crippen LogP contribution in [0.1, 0.15) is 32.1 Å². The van der Waals surface area contributed by atoms with Gasteiger partial charge >= 0.3 is 0 Å². The molecular weight excluding hydrogens is 238 g/mol. The quantitative estimate of drug-likeness (QED) is 0.714. The molecule has 0 aromatic carbocycles. The van der Waals surface area contributed by atoms with Crippen molar-refractivity contribution in [3.63, 3.8) is 0 Å². The first-order valence-electron chi connectivity index (χ1n) is 8.04. The normalized spacial score (nSPS) is 54.3. The zero-order chi connectivity index (χ0) is 13.1. The van der Waals surface area contributed by atoms with Crippen LogP contribution in [0.3, 0.4) is 0 Å². The molecule has 4 heterocycles. The van der Waals surface area contributed by atoms with E-state index in [1.165, 1.54) is 32.1 Å². The van der Waals surface area contributed by atoms with Gasteiger partial charge in [0.1, 0.15) is 0 Å². The maximum Gasteiger partial charge on any atom is 0.0828 e. The summed E-state index contributed by atoms with van der Waals surface area (Å²) in [6.45, 7) is 6.21. The predicted molar refractivity (Wildman–Crippen MR) is 74.8 cm³/mol. The molecule has 4 aliphatic heterocycles. The highest BCUT2D eigenvalue weighted by Gasteiger charge is 2.62. The third kappa shape index (κ3) is 1.73. The van der Waals surface area contributed by atoms with E-state index in [1.807, 2.05) is 0 Å². The molecule has 4 heteroatoms. The van der Waals surface area contributed by atoms with Crippen LogP contribution in [0.5, 0.6) is 0 Å². The van der Waals surface area contributed by atoms with Gasteiger partial charge in [0.25, 0.3) is 0 Å². The van der Waals surface area contributed by atoms with Gasteiger partial charge in [-0.25, -0.2) is 0 Å². The van der Waals surface area contributed by atoms with E-state index in [-0.39, 0.29) is 17.1 Å². The Morgan fingerprint density at radius 1 is 0.895 bits per heavy atom. The number of aliphatic hydroxyl groups excluding tert-OH is 1. The Labute approximate surface area is 115 Å². The van der Waals surface area contributed by atoms with Crippen molar-refractivity contribution in [2.24, 2.45) is 17.1 Å². The van der Waals surface area contributed by atoms with Gasteiger partial charge in [0.15, 0.2) is 0 Å². The van der Waals surface area contributed by atoms with Crippen LogP contribution in [0.4, 0.5) is 0 Å². The molecule has 0 spiro atoms. The number of rotatable bonds is 1. The Hall–Kier alpha value is -0.160. The SMILES string of the molecule is NC12CN3CCN(C1)CC(C1CCCCC1)(C3)C2O. The zero-order valence-corrected chi connectivity index (χ0v) is 11.9. The van der Waals surface area contributed by atoms with E-state index >= 15 is 0 Å². The van der Waals surface area contributed by atoms with Gasteiger partial charge in [0, 0.05) is 44.7 Å². The third-order valence-electron chi connectivity index (χ3n) is 6.31. The minimum Gasteiger partial charge on any atom is -0.390 e. The number of nitrogens with zero attached hydrogens (tertiary/aromatic N) is 2. The van der Waals surface area contributed by atoms with Crippen LogP contribution < -0.4 is 5.73 Å². The average Bonchev–Trinajstić information content (AvgIpc) is 2.64. The maximum atomic E-state index is 11.0. The Morgan fingerprint density at radius 3 is 2.05 bits per heavy atom. The molecule has 1 saturated carbocycles. The first-order valence-corrected chi connectivity index (χ1v) is 8.04. The highest BCUT2D eigenvalue weighted by molar-refractivity contribution is 5.17. The second-order valence-corrected chi connectivity index (χ2v) is 7.63. The lowest BCUT2D eigenvalue weighted by Crippen LogP contribution is -2.78. The van der Waals surface area contributed by atoms with Crippen molar-refractivity contribution in [2.45, 2.75) is 43.7 Å². The van der Waals surface area contributed by atoms with Gasteiger partial charge in [-0.2, -0.15) is 0 Å². The highest BCUT2D eigenvalue weighted by atomic mass is 16.3. The molecule has 3 N–H and O–H groups in total. The maximum absolute atomic E-state index is 11.0. The van der Waals surface area contributed by atoms with Gasteiger partial charge in [-0.1, -0.05) is 19.3 Å². The molecule has 0 radical (unpaired) electrons. The number of aliphatic hydroxyl groups is 1. The molecule has 19 heavy (non-hydrogen) atoms. The van der Waals surface area contributed by atoms with E-state index in [0.717, 1.165) is 39.3 Å². The molecule has 108 valence electrons. The molecular formula is C15H27N3O. The molecule has 5 aliphatic rings. The predicted octanol–water partition coefficient (Wildman–Crippen LogP) is 0.256. The van der Waals surface area contributed by atoms with E-state index in [4.69, 9.17) is 5.73 Å². The second-order valence-electron chi connectivity index (χ2n) is 7.63. The summed E-state index contributed by atoms with van der Waals surface area (Å²) in [5.41, 5.74) is 6.30. The molecule has 0 aromatic rings. The number of hydrogen-bond donors (Lipinski definition) is 2. The molecule has 0 amide bonds. The lowest BCUT2D eigenvalue weighted by atomic mass is 9.57. The van der Waals surface area contributed by atoms with Crippen LogP contribution in [0, 0.1) is 11.3 Å². The average molecular weight is 265 g/mol. The minimum absolute atomic E-state index is 0.0577. The summed E-state index contributed by atoms with van der Waals surface area (Å²) >= 11 is 0. The zero-order valence-electron chi connectivity index (χ0n) is 11.9. The summed E-state index contributed by atoms with van der Waals surface area (Å²) < 4.78 is 0. The van der Waals surface area contributed by atoms with Gasteiger partial charge < -0.3 is 10.8 Å². The van der Waals surface area contributed by atoms with Gasteiger partial charge in [0.2, 0.25) is 0 Å². The molecule has 0 aromatic heterocycles. The van der Waals surface area contributed by atoms with E-state index in [9.17, 15) is 5.11 Å². The highest BCUT2D eigenvalue weighted by Crippen LogP contribution is 2.50. The number of piperidine rings is 2. The molecule has 5 rings (SSSR count). The molecule has 4 bridgehead atoms. The Bertz CT molecular complexity index is 350. The molecule has 3 atom stereocenters. The number of hydrogen-bond acceptors (Lipinski definition) is 4. The Balaban J connectivity index is 1.73. The third-order valence-corrected chi connectivity index (χ3v) is 6.31. The van der Waals surface area contributed by atoms with Crippen LogP contribution >= 0.6 is 0 Å². The summed E-state index contributed by atoms with van der Waals surface area (Å²) in [5.74, 6) is 0.683. The van der Waals surface area contributed by atoms with Gasteiger partial charge in [-0.15, -0.1) is 0 Å². The monoisotopic (exact) mass is 265 g/mol. The minimum atomic E-state index is -0.384. The topological polar surface area (TPSA) is 52.7 Å². The molecule has 3 unspecified atom stereocenters. The second kappa shape index (κ2) is 4.17. The Morgan fingerprint density at radius 2 is 1.47 bits per heavy atom. The fourth-order valence-corrected chi connectivity index (χ4v) is 5.55. The van der Waals surface area contributed by atoms with Crippen molar-refractivity contribution in [2.75, 3.05) is 39.3 Å². The van der Waals surface area contributed by atoms with E-state index in [2.05, 4.69) is 9.80 Å². The summed E-state index contributed by atoms with van der Waals surface area (Å²) in [4.78, 5) is 5.07. The van der Waals surface area contributed by atoms with Crippen molar-refractivity contribution in [1.29, 1.82) is 0 Å². The first kappa shape index (κ1) is 12.6. The number of fused-ring (bicyclic) bond motifs is 1. The van der Waals surface area contributed by atoms with Crippen molar-refractivity contribution >= 4 is 0 Å². The molecule has 4 saturated heterocycles. The molecule has 4 nitrogen and oxygen atoms in total. The standard InChI is InChI=1S/C15H27N3O/c16-15-10-17-6-7-18(11-15)9-14(8-17,13(15)19)12-4-2-1-3-5-12/h12-13,19H,1-11,16H2. The smallest absolute Gasteiger partial charge is 0.0828 e. The van der Waals surface area contributed by atoms with Crippen LogP contribution in [-0.2, 0) is 0 Å². The Kier molecular flexibility index (Phi) is 2.76. The molecule has 5 fully saturated rings. The molecule has 1 aliphatic carbocycles. The van der Waals surface area contributed by atoms with Gasteiger partial charge in [0.05, 0.1) is 11.6 Å². The lowest BCUT2D eigenvalue weighted by Gasteiger charge is -2.61. The first-order chi connectivity index (χ1) is 9.12. The van der Waals surface area contributed by atoms with Gasteiger partial charge in [-0.05, 0) is 18.8 Å². The van der Waals surface area contributed by atoms with Crippen molar-refractivity contribution in [3.8, 4) is 0 Å². The van der Waals surface area contributed by atoms with Crippen LogP contribution in [0.15, 0.2) is 0 Å². The summed E-state index contributed by atoms with van der Waals surface area (Å²) in [7, 11) is 0. The number of nitrogens with two attached hydrogens (primary N) is 1. The van der Waals surface area contributed by atoms with Crippen molar-refractivity contribution in [1.82, 2.24) is 9.80 Å². The lowest BCUT2D eigenvalue weighted by molar-refractivity contribution is -0.160. The van der Waals surface area contributed by atoms with Gasteiger partial charge in [-0.3, -0.25) is 9.80 Å². The van der Waals surface area contributed by atoms with Crippen molar-refractivity contribution in [3.05, 3.63) is 0 Å². The van der Waals surface area contributed by atoms with Crippen LogP contribution in [0.2, 0.25) is 0 Å². The fraction of sp³-hybridized carbons (Fsp3) is 1.00.